The van der Waals surface area contributed by atoms with Gasteiger partial charge in [0.25, 0.3) is 0 Å². The van der Waals surface area contributed by atoms with E-state index in [1.54, 1.807) is 0 Å². The molecule has 1 saturated carbocycles. The van der Waals surface area contributed by atoms with Crippen LogP contribution in [0.1, 0.15) is 48.9 Å². The van der Waals surface area contributed by atoms with E-state index in [1.807, 2.05) is 6.07 Å². The minimum absolute atomic E-state index is 0.185. The second-order valence-corrected chi connectivity index (χ2v) is 7.22. The van der Waals surface area contributed by atoms with E-state index in [1.165, 1.54) is 5.56 Å². The summed E-state index contributed by atoms with van der Waals surface area (Å²) in [7, 11) is 0. The van der Waals surface area contributed by atoms with Crippen molar-refractivity contribution in [1.82, 2.24) is 4.98 Å². The first-order valence-corrected chi connectivity index (χ1v) is 8.55. The highest BCUT2D eigenvalue weighted by Gasteiger charge is 2.55. The van der Waals surface area contributed by atoms with Crippen LogP contribution in [0.5, 0.6) is 0 Å². The van der Waals surface area contributed by atoms with Crippen molar-refractivity contribution in [2.75, 3.05) is 18.0 Å². The van der Waals surface area contributed by atoms with E-state index in [0.717, 1.165) is 50.6 Å². The number of aliphatic carboxylic acids is 1. The molecule has 0 radical (unpaired) electrons. The van der Waals surface area contributed by atoms with Crippen LogP contribution in [0.2, 0.25) is 0 Å². The van der Waals surface area contributed by atoms with Gasteiger partial charge in [0, 0.05) is 18.8 Å². The van der Waals surface area contributed by atoms with Crippen molar-refractivity contribution in [3.63, 3.8) is 0 Å². The summed E-state index contributed by atoms with van der Waals surface area (Å²) >= 11 is 0. The molecular formula is C18H21N3O2. The fourth-order valence-corrected chi connectivity index (χ4v) is 4.75. The molecule has 0 unspecified atom stereocenters. The summed E-state index contributed by atoms with van der Waals surface area (Å²) in [5.74, 6) is 0.214. The van der Waals surface area contributed by atoms with E-state index in [-0.39, 0.29) is 5.92 Å². The van der Waals surface area contributed by atoms with Gasteiger partial charge in [-0.25, -0.2) is 4.98 Å². The van der Waals surface area contributed by atoms with Gasteiger partial charge in [0.1, 0.15) is 11.9 Å². The van der Waals surface area contributed by atoms with E-state index in [4.69, 9.17) is 4.98 Å². The van der Waals surface area contributed by atoms with Crippen molar-refractivity contribution in [3.05, 3.63) is 22.9 Å². The third kappa shape index (κ3) is 2.12. The Labute approximate surface area is 135 Å². The quantitative estimate of drug-likeness (QED) is 0.908. The summed E-state index contributed by atoms with van der Waals surface area (Å²) in [5, 5.41) is 19.3. The lowest BCUT2D eigenvalue weighted by Gasteiger charge is -2.25. The molecule has 0 bridgehead atoms. The second kappa shape index (κ2) is 5.23. The highest BCUT2D eigenvalue weighted by Crippen LogP contribution is 2.50. The monoisotopic (exact) mass is 311 g/mol. The summed E-state index contributed by atoms with van der Waals surface area (Å²) in [4.78, 5) is 18.7. The van der Waals surface area contributed by atoms with Crippen molar-refractivity contribution in [3.8, 4) is 6.07 Å². The number of nitrogens with zero attached hydrogens (tertiary/aromatic N) is 3. The zero-order chi connectivity index (χ0) is 16.0. The zero-order valence-corrected chi connectivity index (χ0v) is 13.2. The highest BCUT2D eigenvalue weighted by molar-refractivity contribution is 5.78. The molecule has 0 spiro atoms. The number of aryl methyl sites for hydroxylation is 2. The van der Waals surface area contributed by atoms with Gasteiger partial charge in [-0.3, -0.25) is 4.79 Å². The van der Waals surface area contributed by atoms with E-state index in [0.29, 0.717) is 24.5 Å². The van der Waals surface area contributed by atoms with Crippen LogP contribution in [0.3, 0.4) is 0 Å². The van der Waals surface area contributed by atoms with Crippen molar-refractivity contribution in [2.24, 2.45) is 11.3 Å². The fraction of sp³-hybridized carbons (Fsp3) is 0.611. The van der Waals surface area contributed by atoms with Gasteiger partial charge in [0.15, 0.2) is 0 Å². The summed E-state index contributed by atoms with van der Waals surface area (Å²) < 4.78 is 0. The predicted molar refractivity (Wildman–Crippen MR) is 85.2 cm³/mol. The number of hydrogen-bond acceptors (Lipinski definition) is 4. The number of hydrogen-bond donors (Lipinski definition) is 1. The maximum atomic E-state index is 11.9. The lowest BCUT2D eigenvalue weighted by atomic mass is 9.81. The lowest BCUT2D eigenvalue weighted by Crippen LogP contribution is -2.36. The molecule has 4 rings (SSSR count). The third-order valence-corrected chi connectivity index (χ3v) is 6.00. The molecule has 2 atom stereocenters. The van der Waals surface area contributed by atoms with Crippen LogP contribution in [0.4, 0.5) is 5.82 Å². The summed E-state index contributed by atoms with van der Waals surface area (Å²) in [6.07, 6.45) is 6.98. The van der Waals surface area contributed by atoms with Crippen molar-refractivity contribution in [2.45, 2.75) is 44.9 Å². The van der Waals surface area contributed by atoms with Crippen LogP contribution in [0, 0.1) is 22.7 Å². The number of carboxylic acid groups (broad SMARTS) is 1. The Morgan fingerprint density at radius 3 is 2.96 bits per heavy atom. The molecule has 5 heteroatoms. The maximum Gasteiger partial charge on any atom is 0.311 e. The SMILES string of the molecule is N#Cc1cc2c(nc1N1C[C@@H]3CCC[C@@]3(C(=O)O)C1)CCCC2. The van der Waals surface area contributed by atoms with E-state index in [2.05, 4.69) is 11.0 Å². The Hall–Kier alpha value is -2.09. The second-order valence-electron chi connectivity index (χ2n) is 7.22. The molecule has 1 N–H and O–H groups in total. The number of nitriles is 1. The van der Waals surface area contributed by atoms with Gasteiger partial charge in [-0.05, 0) is 56.1 Å². The molecule has 1 aromatic rings. The Kier molecular flexibility index (Phi) is 3.29. The topological polar surface area (TPSA) is 77.2 Å². The molecule has 2 heterocycles. The normalized spacial score (nSPS) is 29.0. The largest absolute Gasteiger partial charge is 0.481 e. The number of anilines is 1. The average molecular weight is 311 g/mol. The molecule has 23 heavy (non-hydrogen) atoms. The number of rotatable bonds is 2. The van der Waals surface area contributed by atoms with Crippen LogP contribution in [0.25, 0.3) is 0 Å². The van der Waals surface area contributed by atoms with Gasteiger partial charge in [0.2, 0.25) is 0 Å². The molecule has 2 fully saturated rings. The molecule has 1 aliphatic heterocycles. The maximum absolute atomic E-state index is 11.9. The Balaban J connectivity index is 1.72. The number of carboxylic acids is 1. The highest BCUT2D eigenvalue weighted by atomic mass is 16.4. The molecule has 5 nitrogen and oxygen atoms in total. The van der Waals surface area contributed by atoms with Crippen LogP contribution >= 0.6 is 0 Å². The van der Waals surface area contributed by atoms with Gasteiger partial charge in [-0.1, -0.05) is 6.42 Å². The fourth-order valence-electron chi connectivity index (χ4n) is 4.75. The van der Waals surface area contributed by atoms with E-state index in [9.17, 15) is 15.2 Å². The van der Waals surface area contributed by atoms with E-state index >= 15 is 0 Å². The standard InChI is InChI=1S/C18H21N3O2/c19-9-13-8-12-4-1-2-6-15(12)20-16(13)21-10-14-5-3-7-18(14,11-21)17(22)23/h8,14H,1-7,10-11H2,(H,22,23)/t14-,18+/m0/s1. The van der Waals surface area contributed by atoms with Gasteiger partial charge in [-0.2, -0.15) is 5.26 Å². The number of carbonyl (C=O) groups is 1. The Bertz CT molecular complexity index is 709. The molecule has 3 aliphatic rings. The van der Waals surface area contributed by atoms with Crippen molar-refractivity contribution in [1.29, 1.82) is 5.26 Å². The average Bonchev–Trinajstić information content (AvgIpc) is 3.11. The molecule has 1 aromatic heterocycles. The molecule has 1 saturated heterocycles. The first kappa shape index (κ1) is 14.5. The first-order chi connectivity index (χ1) is 11.1. The summed E-state index contributed by atoms with van der Waals surface area (Å²) in [5.41, 5.74) is 2.27. The molecule has 0 aromatic carbocycles. The van der Waals surface area contributed by atoms with Gasteiger partial charge in [0.05, 0.1) is 11.0 Å². The number of fused-ring (bicyclic) bond motifs is 2. The molecule has 2 aliphatic carbocycles. The van der Waals surface area contributed by atoms with Crippen LogP contribution < -0.4 is 4.90 Å². The molecular weight excluding hydrogens is 290 g/mol. The number of pyridine rings is 1. The van der Waals surface area contributed by atoms with Crippen molar-refractivity contribution >= 4 is 11.8 Å². The zero-order valence-electron chi connectivity index (χ0n) is 13.2. The summed E-state index contributed by atoms with van der Waals surface area (Å²) in [6, 6.07) is 4.26. The van der Waals surface area contributed by atoms with Gasteiger partial charge < -0.3 is 10.0 Å². The van der Waals surface area contributed by atoms with Crippen molar-refractivity contribution < 1.29 is 9.90 Å². The lowest BCUT2D eigenvalue weighted by molar-refractivity contribution is -0.149. The molecule has 0 amide bonds. The van der Waals surface area contributed by atoms with Gasteiger partial charge >= 0.3 is 5.97 Å². The smallest absolute Gasteiger partial charge is 0.311 e. The third-order valence-electron chi connectivity index (χ3n) is 6.00. The minimum Gasteiger partial charge on any atom is -0.481 e. The van der Waals surface area contributed by atoms with E-state index < -0.39 is 11.4 Å². The van der Waals surface area contributed by atoms with Gasteiger partial charge in [-0.15, -0.1) is 0 Å². The van der Waals surface area contributed by atoms with Crippen LogP contribution in [-0.4, -0.2) is 29.1 Å². The summed E-state index contributed by atoms with van der Waals surface area (Å²) in [6.45, 7) is 1.21. The first-order valence-electron chi connectivity index (χ1n) is 8.55. The predicted octanol–water partition coefficient (Wildman–Crippen LogP) is 2.52. The Morgan fingerprint density at radius 1 is 1.39 bits per heavy atom. The Morgan fingerprint density at radius 2 is 2.22 bits per heavy atom. The number of aromatic nitrogens is 1. The van der Waals surface area contributed by atoms with Crippen LogP contribution in [0.15, 0.2) is 6.07 Å². The molecule has 120 valence electrons. The minimum atomic E-state index is -0.682. The van der Waals surface area contributed by atoms with Crippen LogP contribution in [-0.2, 0) is 17.6 Å².